The van der Waals surface area contributed by atoms with Crippen molar-refractivity contribution >= 4 is 11.6 Å². The van der Waals surface area contributed by atoms with Gasteiger partial charge in [0.25, 0.3) is 5.91 Å². The number of ether oxygens (including phenoxy) is 1. The van der Waals surface area contributed by atoms with E-state index in [2.05, 4.69) is 10.5 Å². The van der Waals surface area contributed by atoms with Gasteiger partial charge in [-0.3, -0.25) is 4.79 Å². The van der Waals surface area contributed by atoms with Gasteiger partial charge in [-0.05, 0) is 36.2 Å². The first kappa shape index (κ1) is 17.0. The van der Waals surface area contributed by atoms with Crippen molar-refractivity contribution in [3.8, 4) is 5.75 Å². The number of hydrogen-bond acceptors (Lipinski definition) is 4. The van der Waals surface area contributed by atoms with Gasteiger partial charge in [-0.2, -0.15) is 0 Å². The fraction of sp³-hybridized carbons (Fsp3) is 0.263. The number of oxime groups is 1. The molecule has 0 saturated carbocycles. The first-order valence-electron chi connectivity index (χ1n) is 8.05. The highest BCUT2D eigenvalue weighted by atomic mass is 19.1. The Morgan fingerprint density at radius 3 is 2.84 bits per heavy atom. The van der Waals surface area contributed by atoms with E-state index in [1.165, 1.54) is 12.1 Å². The zero-order valence-corrected chi connectivity index (χ0v) is 13.9. The Morgan fingerprint density at radius 1 is 1.32 bits per heavy atom. The number of nitrogens with one attached hydrogen (secondary N) is 1. The van der Waals surface area contributed by atoms with Crippen molar-refractivity contribution in [2.45, 2.75) is 18.9 Å². The zero-order chi connectivity index (χ0) is 17.6. The summed E-state index contributed by atoms with van der Waals surface area (Å²) in [5, 5.41) is 6.75. The average Bonchev–Trinajstić information content (AvgIpc) is 3.12. The van der Waals surface area contributed by atoms with E-state index in [1.807, 2.05) is 24.3 Å². The van der Waals surface area contributed by atoms with Crippen LogP contribution in [0.5, 0.6) is 5.75 Å². The summed E-state index contributed by atoms with van der Waals surface area (Å²) >= 11 is 0. The predicted octanol–water partition coefficient (Wildman–Crippen LogP) is 2.69. The largest absolute Gasteiger partial charge is 0.497 e. The second-order valence-electron chi connectivity index (χ2n) is 5.74. The van der Waals surface area contributed by atoms with Crippen molar-refractivity contribution < 1.29 is 18.8 Å². The van der Waals surface area contributed by atoms with Crippen LogP contribution >= 0.6 is 0 Å². The first-order chi connectivity index (χ1) is 12.2. The Kier molecular flexibility index (Phi) is 5.28. The first-order valence-corrected chi connectivity index (χ1v) is 8.05. The summed E-state index contributed by atoms with van der Waals surface area (Å²) in [6.45, 7) is 0.500. The molecule has 1 aliphatic heterocycles. The number of hydrogen-bond donors (Lipinski definition) is 1. The van der Waals surface area contributed by atoms with E-state index in [0.717, 1.165) is 11.3 Å². The second kappa shape index (κ2) is 7.79. The van der Waals surface area contributed by atoms with Crippen LogP contribution in [0.3, 0.4) is 0 Å². The molecule has 1 atom stereocenters. The van der Waals surface area contributed by atoms with E-state index in [9.17, 15) is 9.18 Å². The summed E-state index contributed by atoms with van der Waals surface area (Å²) in [5.41, 5.74) is 2.31. The highest BCUT2D eigenvalue weighted by molar-refractivity contribution is 6.04. The summed E-state index contributed by atoms with van der Waals surface area (Å²) in [4.78, 5) is 17.4. The van der Waals surface area contributed by atoms with Crippen LogP contribution in [-0.2, 0) is 16.1 Å². The van der Waals surface area contributed by atoms with Crippen LogP contribution in [0, 0.1) is 5.82 Å². The Balaban J connectivity index is 1.46. The molecule has 5 nitrogen and oxygen atoms in total. The molecule has 25 heavy (non-hydrogen) atoms. The number of carbonyl (C=O) groups excluding carboxylic acids is 1. The van der Waals surface area contributed by atoms with Crippen LogP contribution in [0.25, 0.3) is 0 Å². The van der Waals surface area contributed by atoms with E-state index >= 15 is 0 Å². The van der Waals surface area contributed by atoms with Gasteiger partial charge in [0.2, 0.25) is 6.10 Å². The van der Waals surface area contributed by atoms with Crippen molar-refractivity contribution in [2.24, 2.45) is 5.16 Å². The van der Waals surface area contributed by atoms with Gasteiger partial charge in [0, 0.05) is 18.5 Å². The van der Waals surface area contributed by atoms with Crippen LogP contribution in [-0.4, -0.2) is 31.4 Å². The maximum absolute atomic E-state index is 13.3. The number of rotatable bonds is 6. The Labute approximate surface area is 145 Å². The van der Waals surface area contributed by atoms with Gasteiger partial charge in [0.05, 0.1) is 12.8 Å². The van der Waals surface area contributed by atoms with E-state index < -0.39 is 6.10 Å². The fourth-order valence-electron chi connectivity index (χ4n) is 2.59. The van der Waals surface area contributed by atoms with Crippen molar-refractivity contribution in [1.82, 2.24) is 5.32 Å². The predicted molar refractivity (Wildman–Crippen MR) is 92.1 cm³/mol. The van der Waals surface area contributed by atoms with Gasteiger partial charge < -0.3 is 14.9 Å². The van der Waals surface area contributed by atoms with Gasteiger partial charge in [-0.15, -0.1) is 0 Å². The number of amides is 1. The molecule has 1 aliphatic rings. The average molecular weight is 342 g/mol. The normalized spacial score (nSPS) is 16.1. The summed E-state index contributed by atoms with van der Waals surface area (Å²) in [6, 6.07) is 13.8. The minimum absolute atomic E-state index is 0.219. The van der Waals surface area contributed by atoms with Crippen molar-refractivity contribution in [2.75, 3.05) is 13.7 Å². The molecule has 1 heterocycles. The van der Waals surface area contributed by atoms with E-state index in [0.29, 0.717) is 30.7 Å². The maximum Gasteiger partial charge on any atom is 0.264 e. The number of benzene rings is 2. The maximum atomic E-state index is 13.3. The molecule has 2 aromatic carbocycles. The van der Waals surface area contributed by atoms with Crippen LogP contribution in [0.2, 0.25) is 0 Å². The van der Waals surface area contributed by atoms with Gasteiger partial charge >= 0.3 is 0 Å². The molecule has 0 bridgehead atoms. The third-order valence-electron chi connectivity index (χ3n) is 3.99. The molecule has 1 N–H and O–H groups in total. The Hall–Kier alpha value is -2.89. The third kappa shape index (κ3) is 4.35. The van der Waals surface area contributed by atoms with Gasteiger partial charge in [0.15, 0.2) is 0 Å². The lowest BCUT2D eigenvalue weighted by atomic mass is 10.0. The summed E-state index contributed by atoms with van der Waals surface area (Å²) < 4.78 is 18.4. The smallest absolute Gasteiger partial charge is 0.264 e. The zero-order valence-electron chi connectivity index (χ0n) is 13.9. The number of carbonyl (C=O) groups is 1. The molecule has 0 saturated heterocycles. The molecule has 0 aliphatic carbocycles. The lowest BCUT2D eigenvalue weighted by Crippen LogP contribution is -2.36. The molecule has 6 heteroatoms. The van der Waals surface area contributed by atoms with Crippen molar-refractivity contribution in [1.29, 1.82) is 0 Å². The lowest BCUT2D eigenvalue weighted by Gasteiger charge is -2.09. The molecule has 0 radical (unpaired) electrons. The fourth-order valence-corrected chi connectivity index (χ4v) is 2.59. The van der Waals surface area contributed by atoms with Crippen molar-refractivity contribution in [3.63, 3.8) is 0 Å². The van der Waals surface area contributed by atoms with Gasteiger partial charge in [-0.1, -0.05) is 29.4 Å². The molecular weight excluding hydrogens is 323 g/mol. The molecule has 3 rings (SSSR count). The van der Waals surface area contributed by atoms with E-state index in [1.54, 1.807) is 19.2 Å². The molecule has 0 aromatic heterocycles. The molecule has 130 valence electrons. The summed E-state index contributed by atoms with van der Waals surface area (Å²) in [7, 11) is 1.62. The van der Waals surface area contributed by atoms with E-state index in [4.69, 9.17) is 9.57 Å². The number of methoxy groups -OCH3 is 1. The molecular formula is C19H19FN2O3. The lowest BCUT2D eigenvalue weighted by molar-refractivity contribution is -0.131. The summed E-state index contributed by atoms with van der Waals surface area (Å²) in [6.07, 6.45) is 0.367. The van der Waals surface area contributed by atoms with E-state index in [-0.39, 0.29) is 11.7 Å². The Morgan fingerprint density at radius 2 is 2.12 bits per heavy atom. The molecule has 0 spiro atoms. The standard InChI is InChI=1S/C19H19FN2O3/c1-24-16-7-5-13(6-8-16)9-10-21-19(23)18-12-17(22-25-18)14-3-2-4-15(20)11-14/h2-8,11,18H,9-10,12H2,1H3,(H,21,23)/t18-/m1/s1. The highest BCUT2D eigenvalue weighted by Crippen LogP contribution is 2.17. The Bertz CT molecular complexity index is 774. The highest BCUT2D eigenvalue weighted by Gasteiger charge is 2.28. The van der Waals surface area contributed by atoms with Crippen LogP contribution in [0.4, 0.5) is 4.39 Å². The monoisotopic (exact) mass is 342 g/mol. The molecule has 0 unspecified atom stereocenters. The van der Waals surface area contributed by atoms with Gasteiger partial charge in [0.1, 0.15) is 11.6 Å². The van der Waals surface area contributed by atoms with Crippen LogP contribution in [0.15, 0.2) is 53.7 Å². The molecule has 2 aromatic rings. The van der Waals surface area contributed by atoms with Crippen molar-refractivity contribution in [3.05, 3.63) is 65.5 Å². The molecule has 1 amide bonds. The number of nitrogens with zero attached hydrogens (tertiary/aromatic N) is 1. The quantitative estimate of drug-likeness (QED) is 0.878. The SMILES string of the molecule is COc1ccc(CCNC(=O)[C@H]2CC(c3cccc(F)c3)=NO2)cc1. The van der Waals surface area contributed by atoms with Crippen LogP contribution in [0.1, 0.15) is 17.5 Å². The van der Waals surface area contributed by atoms with Gasteiger partial charge in [-0.25, -0.2) is 4.39 Å². The minimum Gasteiger partial charge on any atom is -0.497 e. The third-order valence-corrected chi connectivity index (χ3v) is 3.99. The topological polar surface area (TPSA) is 59.9 Å². The minimum atomic E-state index is -0.672. The van der Waals surface area contributed by atoms with Crippen LogP contribution < -0.4 is 10.1 Å². The second-order valence-corrected chi connectivity index (χ2v) is 5.74. The molecule has 0 fully saturated rings. The summed E-state index contributed by atoms with van der Waals surface area (Å²) in [5.74, 6) is 0.241. The number of halogens is 1.